The third-order valence-electron chi connectivity index (χ3n) is 3.17. The van der Waals surface area contributed by atoms with Gasteiger partial charge in [0, 0.05) is 36.8 Å². The summed E-state index contributed by atoms with van der Waals surface area (Å²) in [5.41, 5.74) is 2.21. The number of hydrogen-bond donors (Lipinski definition) is 1. The molecule has 1 aromatic carbocycles. The highest BCUT2D eigenvalue weighted by Gasteiger charge is 2.25. The molecule has 0 atom stereocenters. The molecule has 4 heteroatoms. The molecule has 1 aliphatic rings. The first kappa shape index (κ1) is 11.3. The standard InChI is InChI=1S/C14H17N3O/c1-18-10-11-4-2-3-5-13(11)16-14-15-8-9-17(14)12-6-7-12/h2-5,8-9,12H,6-7,10H2,1H3,(H,15,16). The molecular weight excluding hydrogens is 226 g/mol. The molecule has 0 unspecified atom stereocenters. The van der Waals surface area contributed by atoms with Crippen LogP contribution < -0.4 is 5.32 Å². The Bertz CT molecular complexity index is 531. The van der Waals surface area contributed by atoms with Crippen molar-refractivity contribution >= 4 is 11.6 Å². The Kier molecular flexibility index (Phi) is 3.02. The first-order valence-electron chi connectivity index (χ1n) is 6.25. The summed E-state index contributed by atoms with van der Waals surface area (Å²) in [7, 11) is 1.71. The number of nitrogens with one attached hydrogen (secondary N) is 1. The molecule has 94 valence electrons. The number of ether oxygens (including phenoxy) is 1. The van der Waals surface area contributed by atoms with Gasteiger partial charge < -0.3 is 14.6 Å². The highest BCUT2D eigenvalue weighted by molar-refractivity contribution is 5.58. The lowest BCUT2D eigenvalue weighted by atomic mass is 10.2. The first-order valence-corrected chi connectivity index (χ1v) is 6.25. The van der Waals surface area contributed by atoms with Gasteiger partial charge in [-0.15, -0.1) is 0 Å². The third-order valence-corrected chi connectivity index (χ3v) is 3.17. The summed E-state index contributed by atoms with van der Waals surface area (Å²) in [4.78, 5) is 4.38. The van der Waals surface area contributed by atoms with Crippen molar-refractivity contribution in [2.24, 2.45) is 0 Å². The van der Waals surface area contributed by atoms with Crippen LogP contribution in [0.3, 0.4) is 0 Å². The van der Waals surface area contributed by atoms with E-state index in [4.69, 9.17) is 4.74 Å². The van der Waals surface area contributed by atoms with Crippen LogP contribution in [0.15, 0.2) is 36.7 Å². The van der Waals surface area contributed by atoms with Crippen LogP contribution >= 0.6 is 0 Å². The molecule has 0 saturated heterocycles. The minimum absolute atomic E-state index is 0.604. The van der Waals surface area contributed by atoms with Crippen molar-refractivity contribution < 1.29 is 4.74 Å². The van der Waals surface area contributed by atoms with Crippen LogP contribution in [0.4, 0.5) is 11.6 Å². The van der Waals surface area contributed by atoms with Crippen molar-refractivity contribution in [1.82, 2.24) is 9.55 Å². The average Bonchev–Trinajstić information content (AvgIpc) is 3.13. The zero-order valence-corrected chi connectivity index (χ0v) is 10.5. The average molecular weight is 243 g/mol. The maximum atomic E-state index is 5.21. The minimum Gasteiger partial charge on any atom is -0.380 e. The molecule has 1 aliphatic carbocycles. The molecule has 18 heavy (non-hydrogen) atoms. The fraction of sp³-hybridized carbons (Fsp3) is 0.357. The van der Waals surface area contributed by atoms with E-state index in [-0.39, 0.29) is 0 Å². The van der Waals surface area contributed by atoms with Gasteiger partial charge >= 0.3 is 0 Å². The number of hydrogen-bond acceptors (Lipinski definition) is 3. The smallest absolute Gasteiger partial charge is 0.207 e. The number of aromatic nitrogens is 2. The van der Waals surface area contributed by atoms with Gasteiger partial charge in [0.1, 0.15) is 0 Å². The summed E-state index contributed by atoms with van der Waals surface area (Å²) in [5.74, 6) is 0.918. The summed E-state index contributed by atoms with van der Waals surface area (Å²) in [5, 5.41) is 3.40. The molecule has 1 saturated carbocycles. The lowest BCUT2D eigenvalue weighted by Crippen LogP contribution is -2.03. The van der Waals surface area contributed by atoms with Gasteiger partial charge in [0.25, 0.3) is 0 Å². The molecule has 0 spiro atoms. The van der Waals surface area contributed by atoms with Crippen LogP contribution in [0, 0.1) is 0 Å². The highest BCUT2D eigenvalue weighted by Crippen LogP contribution is 2.37. The van der Waals surface area contributed by atoms with E-state index in [0.717, 1.165) is 17.2 Å². The Morgan fingerprint density at radius 2 is 2.22 bits per heavy atom. The van der Waals surface area contributed by atoms with Crippen molar-refractivity contribution in [3.05, 3.63) is 42.2 Å². The number of rotatable bonds is 5. The van der Waals surface area contributed by atoms with Gasteiger partial charge in [-0.2, -0.15) is 0 Å². The zero-order valence-electron chi connectivity index (χ0n) is 10.5. The van der Waals surface area contributed by atoms with Gasteiger partial charge in [-0.25, -0.2) is 4.98 Å². The fourth-order valence-electron chi connectivity index (χ4n) is 2.10. The van der Waals surface area contributed by atoms with E-state index in [9.17, 15) is 0 Å². The van der Waals surface area contributed by atoms with E-state index in [0.29, 0.717) is 12.6 Å². The van der Waals surface area contributed by atoms with E-state index in [1.807, 2.05) is 24.5 Å². The molecule has 3 rings (SSSR count). The second-order valence-electron chi connectivity index (χ2n) is 4.60. The number of benzene rings is 1. The highest BCUT2D eigenvalue weighted by atomic mass is 16.5. The third kappa shape index (κ3) is 2.24. The van der Waals surface area contributed by atoms with Gasteiger partial charge in [-0.1, -0.05) is 18.2 Å². The van der Waals surface area contributed by atoms with Gasteiger partial charge in [-0.05, 0) is 18.9 Å². The Hall–Kier alpha value is -1.81. The van der Waals surface area contributed by atoms with Gasteiger partial charge in [0.2, 0.25) is 5.95 Å². The number of anilines is 2. The lowest BCUT2D eigenvalue weighted by Gasteiger charge is -2.12. The van der Waals surface area contributed by atoms with Crippen LogP contribution in [-0.4, -0.2) is 16.7 Å². The number of methoxy groups -OCH3 is 1. The normalized spacial score (nSPS) is 14.7. The predicted molar refractivity (Wildman–Crippen MR) is 70.9 cm³/mol. The van der Waals surface area contributed by atoms with Gasteiger partial charge in [0.05, 0.1) is 6.61 Å². The largest absolute Gasteiger partial charge is 0.380 e. The quantitative estimate of drug-likeness (QED) is 0.877. The summed E-state index contributed by atoms with van der Waals surface area (Å²) < 4.78 is 7.42. The Morgan fingerprint density at radius 1 is 1.39 bits per heavy atom. The van der Waals surface area contributed by atoms with Crippen LogP contribution in [0.1, 0.15) is 24.4 Å². The maximum Gasteiger partial charge on any atom is 0.207 e. The van der Waals surface area contributed by atoms with Crippen molar-refractivity contribution in [2.75, 3.05) is 12.4 Å². The topological polar surface area (TPSA) is 39.1 Å². The minimum atomic E-state index is 0.604. The Morgan fingerprint density at radius 3 is 3.00 bits per heavy atom. The SMILES string of the molecule is COCc1ccccc1Nc1nccn1C1CC1. The van der Waals surface area contributed by atoms with Crippen molar-refractivity contribution in [3.63, 3.8) is 0 Å². The summed E-state index contributed by atoms with van der Waals surface area (Å²) in [6.07, 6.45) is 6.40. The van der Waals surface area contributed by atoms with Crippen LogP contribution in [0.5, 0.6) is 0 Å². The fourth-order valence-corrected chi connectivity index (χ4v) is 2.10. The molecule has 1 aromatic heterocycles. The molecule has 2 aromatic rings. The van der Waals surface area contributed by atoms with Gasteiger partial charge in [0.15, 0.2) is 0 Å². The summed E-state index contributed by atoms with van der Waals surface area (Å²) in [6, 6.07) is 8.79. The summed E-state index contributed by atoms with van der Waals surface area (Å²) >= 11 is 0. The molecule has 1 N–H and O–H groups in total. The molecular formula is C14H17N3O. The van der Waals surface area contributed by atoms with Crippen LogP contribution in [0.25, 0.3) is 0 Å². The van der Waals surface area contributed by atoms with Crippen LogP contribution in [0.2, 0.25) is 0 Å². The number of imidazole rings is 1. The first-order chi connectivity index (χ1) is 8.88. The van der Waals surface area contributed by atoms with Crippen molar-refractivity contribution in [1.29, 1.82) is 0 Å². The molecule has 0 bridgehead atoms. The Labute approximate surface area is 107 Å². The van der Waals surface area contributed by atoms with E-state index < -0.39 is 0 Å². The van der Waals surface area contributed by atoms with E-state index in [2.05, 4.69) is 27.0 Å². The molecule has 1 heterocycles. The molecule has 0 aliphatic heterocycles. The van der Waals surface area contributed by atoms with Crippen molar-refractivity contribution in [3.8, 4) is 0 Å². The monoisotopic (exact) mass is 243 g/mol. The molecule has 4 nitrogen and oxygen atoms in total. The molecule has 0 radical (unpaired) electrons. The number of para-hydroxylation sites is 1. The summed E-state index contributed by atoms with van der Waals surface area (Å²) in [6.45, 7) is 0.604. The van der Waals surface area contributed by atoms with E-state index >= 15 is 0 Å². The maximum absolute atomic E-state index is 5.21. The van der Waals surface area contributed by atoms with Crippen molar-refractivity contribution in [2.45, 2.75) is 25.5 Å². The second kappa shape index (κ2) is 4.82. The van der Waals surface area contributed by atoms with Crippen LogP contribution in [-0.2, 0) is 11.3 Å². The molecule has 1 fully saturated rings. The van der Waals surface area contributed by atoms with Gasteiger partial charge in [-0.3, -0.25) is 0 Å². The molecule has 0 amide bonds. The van der Waals surface area contributed by atoms with E-state index in [1.54, 1.807) is 7.11 Å². The second-order valence-corrected chi connectivity index (χ2v) is 4.60. The van der Waals surface area contributed by atoms with E-state index in [1.165, 1.54) is 12.8 Å². The Balaban J connectivity index is 1.85. The predicted octanol–water partition coefficient (Wildman–Crippen LogP) is 3.11. The lowest BCUT2D eigenvalue weighted by molar-refractivity contribution is 0.185. The zero-order chi connectivity index (χ0) is 12.4. The number of nitrogens with zero attached hydrogens (tertiary/aromatic N) is 2.